The summed E-state index contributed by atoms with van der Waals surface area (Å²) in [4.78, 5) is 18.5. The fraction of sp³-hybridized carbons (Fsp3) is 0.200. The minimum atomic E-state index is -0.00468. The number of nitrogens with zero attached hydrogens (tertiary/aromatic N) is 2. The summed E-state index contributed by atoms with van der Waals surface area (Å²) in [5.41, 5.74) is 10.1. The van der Waals surface area contributed by atoms with Crippen molar-refractivity contribution in [2.75, 3.05) is 17.2 Å². The van der Waals surface area contributed by atoms with Gasteiger partial charge in [0.15, 0.2) is 0 Å². The van der Waals surface area contributed by atoms with Crippen LogP contribution in [0.2, 0.25) is 0 Å². The number of hydrogen-bond acceptors (Lipinski definition) is 3. The van der Waals surface area contributed by atoms with Gasteiger partial charge in [-0.2, -0.15) is 0 Å². The number of rotatable bonds is 1. The zero-order valence-corrected chi connectivity index (χ0v) is 10.8. The smallest absolute Gasteiger partial charge is 0.260 e. The highest BCUT2D eigenvalue weighted by molar-refractivity contribution is 6.08. The second-order valence-corrected chi connectivity index (χ2v) is 4.69. The van der Waals surface area contributed by atoms with Gasteiger partial charge in [0, 0.05) is 35.4 Å². The first kappa shape index (κ1) is 11.7. The van der Waals surface area contributed by atoms with Crippen LogP contribution < -0.4 is 10.6 Å². The number of fused-ring (bicyclic) bond motifs is 1. The number of nitrogen functional groups attached to an aromatic ring is 1. The van der Waals surface area contributed by atoms with Gasteiger partial charge in [0.05, 0.1) is 5.56 Å². The van der Waals surface area contributed by atoms with Crippen molar-refractivity contribution in [1.29, 1.82) is 0 Å². The number of carbonyl (C=O) groups is 1. The molecule has 2 aromatic rings. The van der Waals surface area contributed by atoms with Crippen LogP contribution in [0.3, 0.4) is 0 Å². The Balaban J connectivity index is 2.01. The fourth-order valence-electron chi connectivity index (χ4n) is 2.53. The molecule has 0 saturated carbocycles. The van der Waals surface area contributed by atoms with E-state index in [0.717, 1.165) is 29.1 Å². The van der Waals surface area contributed by atoms with E-state index in [4.69, 9.17) is 5.73 Å². The van der Waals surface area contributed by atoms with Crippen LogP contribution in [0.15, 0.2) is 36.5 Å². The maximum atomic E-state index is 12.6. The second-order valence-electron chi connectivity index (χ2n) is 4.69. The summed E-state index contributed by atoms with van der Waals surface area (Å²) in [7, 11) is 0. The Hall–Kier alpha value is -2.36. The van der Waals surface area contributed by atoms with Gasteiger partial charge in [0.1, 0.15) is 0 Å². The SMILES string of the molecule is Cc1ncccc1C(=O)N1CCc2c(N)cccc21. The highest BCUT2D eigenvalue weighted by Gasteiger charge is 2.27. The van der Waals surface area contributed by atoms with Crippen molar-refractivity contribution in [1.82, 2.24) is 4.98 Å². The summed E-state index contributed by atoms with van der Waals surface area (Å²) in [6.07, 6.45) is 2.51. The second kappa shape index (κ2) is 4.39. The number of carbonyl (C=O) groups excluding carboxylic acids is 1. The molecule has 0 aliphatic carbocycles. The summed E-state index contributed by atoms with van der Waals surface area (Å²) in [6, 6.07) is 9.31. The molecule has 19 heavy (non-hydrogen) atoms. The van der Waals surface area contributed by atoms with Gasteiger partial charge in [-0.3, -0.25) is 9.78 Å². The summed E-state index contributed by atoms with van der Waals surface area (Å²) in [5, 5.41) is 0. The zero-order valence-electron chi connectivity index (χ0n) is 10.8. The van der Waals surface area contributed by atoms with E-state index in [1.54, 1.807) is 17.2 Å². The standard InChI is InChI=1S/C15H15N3O/c1-10-11(4-3-8-17-10)15(19)18-9-7-12-13(16)5-2-6-14(12)18/h2-6,8H,7,9,16H2,1H3. The molecule has 0 unspecified atom stereocenters. The molecule has 2 heterocycles. The van der Waals surface area contributed by atoms with Crippen LogP contribution in [0.5, 0.6) is 0 Å². The largest absolute Gasteiger partial charge is 0.398 e. The van der Waals surface area contributed by atoms with E-state index in [9.17, 15) is 4.79 Å². The Morgan fingerprint density at radius 2 is 2.16 bits per heavy atom. The number of anilines is 2. The van der Waals surface area contributed by atoms with Crippen LogP contribution in [-0.4, -0.2) is 17.4 Å². The molecule has 2 N–H and O–H groups in total. The highest BCUT2D eigenvalue weighted by atomic mass is 16.2. The van der Waals surface area contributed by atoms with Gasteiger partial charge in [-0.05, 0) is 37.6 Å². The van der Waals surface area contributed by atoms with Gasteiger partial charge in [0.25, 0.3) is 5.91 Å². The Bertz CT molecular complexity index is 652. The molecule has 3 rings (SSSR count). The highest BCUT2D eigenvalue weighted by Crippen LogP contribution is 2.33. The van der Waals surface area contributed by atoms with Crippen molar-refractivity contribution >= 4 is 17.3 Å². The normalized spacial score (nSPS) is 13.4. The van der Waals surface area contributed by atoms with Crippen LogP contribution in [0, 0.1) is 6.92 Å². The van der Waals surface area contributed by atoms with E-state index in [-0.39, 0.29) is 5.91 Å². The van der Waals surface area contributed by atoms with Gasteiger partial charge in [-0.25, -0.2) is 0 Å². The molecule has 1 aromatic carbocycles. The maximum absolute atomic E-state index is 12.6. The first-order valence-electron chi connectivity index (χ1n) is 6.29. The fourth-order valence-corrected chi connectivity index (χ4v) is 2.53. The molecule has 96 valence electrons. The van der Waals surface area contributed by atoms with Crippen LogP contribution in [0.4, 0.5) is 11.4 Å². The maximum Gasteiger partial charge on any atom is 0.260 e. The quantitative estimate of drug-likeness (QED) is 0.792. The number of nitrogens with two attached hydrogens (primary N) is 1. The predicted octanol–water partition coefficient (Wildman–Crippen LogP) is 2.18. The Labute approximate surface area is 111 Å². The molecule has 1 aliphatic rings. The summed E-state index contributed by atoms with van der Waals surface area (Å²) < 4.78 is 0. The monoisotopic (exact) mass is 253 g/mol. The van der Waals surface area contributed by atoms with Gasteiger partial charge < -0.3 is 10.6 Å². The number of aryl methyl sites for hydroxylation is 1. The average molecular weight is 253 g/mol. The summed E-state index contributed by atoms with van der Waals surface area (Å²) >= 11 is 0. The number of amides is 1. The zero-order chi connectivity index (χ0) is 13.4. The lowest BCUT2D eigenvalue weighted by molar-refractivity contribution is 0.0988. The molecular formula is C15H15N3O. The summed E-state index contributed by atoms with van der Waals surface area (Å²) in [5.74, 6) is -0.00468. The average Bonchev–Trinajstić information content (AvgIpc) is 2.84. The van der Waals surface area contributed by atoms with E-state index in [0.29, 0.717) is 12.1 Å². The minimum absolute atomic E-state index is 0.00468. The molecule has 0 saturated heterocycles. The first-order valence-corrected chi connectivity index (χ1v) is 6.29. The molecule has 4 heteroatoms. The van der Waals surface area contributed by atoms with E-state index in [1.807, 2.05) is 31.2 Å². The van der Waals surface area contributed by atoms with Crippen molar-refractivity contribution in [2.45, 2.75) is 13.3 Å². The lowest BCUT2D eigenvalue weighted by Gasteiger charge is -2.18. The lowest BCUT2D eigenvalue weighted by Crippen LogP contribution is -2.29. The van der Waals surface area contributed by atoms with E-state index < -0.39 is 0 Å². The third-order valence-corrected chi connectivity index (χ3v) is 3.55. The van der Waals surface area contributed by atoms with Crippen LogP contribution in [0.25, 0.3) is 0 Å². The van der Waals surface area contributed by atoms with Crippen molar-refractivity contribution in [3.05, 3.63) is 53.3 Å². The Kier molecular flexibility index (Phi) is 2.71. The summed E-state index contributed by atoms with van der Waals surface area (Å²) in [6.45, 7) is 2.53. The van der Waals surface area contributed by atoms with Crippen LogP contribution >= 0.6 is 0 Å². The van der Waals surface area contributed by atoms with Gasteiger partial charge in [-0.1, -0.05) is 6.07 Å². The van der Waals surface area contributed by atoms with E-state index in [2.05, 4.69) is 4.98 Å². The topological polar surface area (TPSA) is 59.2 Å². The number of hydrogen-bond donors (Lipinski definition) is 1. The molecular weight excluding hydrogens is 238 g/mol. The van der Waals surface area contributed by atoms with Crippen molar-refractivity contribution < 1.29 is 4.79 Å². The lowest BCUT2D eigenvalue weighted by atomic mass is 10.1. The number of pyridine rings is 1. The van der Waals surface area contributed by atoms with Gasteiger partial charge in [0.2, 0.25) is 0 Å². The third kappa shape index (κ3) is 1.85. The van der Waals surface area contributed by atoms with Gasteiger partial charge >= 0.3 is 0 Å². The Morgan fingerprint density at radius 1 is 1.32 bits per heavy atom. The molecule has 4 nitrogen and oxygen atoms in total. The molecule has 1 aromatic heterocycles. The predicted molar refractivity (Wildman–Crippen MR) is 75.2 cm³/mol. The number of aromatic nitrogens is 1. The van der Waals surface area contributed by atoms with E-state index in [1.165, 1.54) is 0 Å². The molecule has 0 radical (unpaired) electrons. The van der Waals surface area contributed by atoms with Crippen LogP contribution in [0.1, 0.15) is 21.6 Å². The number of benzene rings is 1. The molecule has 0 atom stereocenters. The molecule has 0 fully saturated rings. The van der Waals surface area contributed by atoms with Crippen molar-refractivity contribution in [2.24, 2.45) is 0 Å². The molecule has 0 spiro atoms. The molecule has 1 amide bonds. The van der Waals surface area contributed by atoms with Crippen molar-refractivity contribution in [3.63, 3.8) is 0 Å². The third-order valence-electron chi connectivity index (χ3n) is 3.55. The first-order chi connectivity index (χ1) is 9.18. The minimum Gasteiger partial charge on any atom is -0.398 e. The molecule has 1 aliphatic heterocycles. The van der Waals surface area contributed by atoms with Crippen LogP contribution in [-0.2, 0) is 6.42 Å². The van der Waals surface area contributed by atoms with Crippen molar-refractivity contribution in [3.8, 4) is 0 Å². The molecule has 0 bridgehead atoms. The van der Waals surface area contributed by atoms with E-state index >= 15 is 0 Å². The van der Waals surface area contributed by atoms with Gasteiger partial charge in [-0.15, -0.1) is 0 Å². The Morgan fingerprint density at radius 3 is 2.95 bits per heavy atom.